The number of hydrogen-bond acceptors (Lipinski definition) is 8. The minimum Gasteiger partial charge on any atom is -0.478 e. The first kappa shape index (κ1) is 34.6. The number of aliphatic hydroxyl groups is 1. The predicted octanol–water partition coefficient (Wildman–Crippen LogP) is 6.37. The van der Waals surface area contributed by atoms with Gasteiger partial charge in [-0.15, -0.1) is 11.8 Å². The van der Waals surface area contributed by atoms with Crippen molar-refractivity contribution in [2.75, 3.05) is 18.2 Å². The summed E-state index contributed by atoms with van der Waals surface area (Å²) in [6.07, 6.45) is -0.953. The van der Waals surface area contributed by atoms with Gasteiger partial charge < -0.3 is 35.1 Å². The van der Waals surface area contributed by atoms with Crippen molar-refractivity contribution in [2.45, 2.75) is 49.4 Å². The van der Waals surface area contributed by atoms with Gasteiger partial charge in [-0.05, 0) is 53.1 Å². The molecule has 0 bridgehead atoms. The van der Waals surface area contributed by atoms with E-state index in [9.17, 15) is 24.6 Å². The molecule has 1 aliphatic heterocycles. The number of carboxylic acids is 1. The Morgan fingerprint density at radius 3 is 2.15 bits per heavy atom. The highest BCUT2D eigenvalue weighted by molar-refractivity contribution is 7.99. The quantitative estimate of drug-likeness (QED) is 0.0999. The Labute approximate surface area is 283 Å². The number of carbonyl (C=O) groups is 3. The Morgan fingerprint density at radius 1 is 0.854 bits per heavy atom. The topological polar surface area (TPSA) is 143 Å². The van der Waals surface area contributed by atoms with Crippen molar-refractivity contribution in [3.63, 3.8) is 0 Å². The standard InChI is InChI=1S/C37H38N2O8S/c1-23-32(22-48-30-18-14-27(15-19-30)34(41)42)46-36(47-33(23)26-10-8-25(21-40)9-11-26)28-12-16-29(17-13-28)38-37(44)39-31(35(43)45-2)20-24-6-4-3-5-7-24/h3-19,23,31-33,36,40H,20-22H2,1-2H3,(H,41,42)(H2,38,39,44). The molecular formula is C37H38N2O8S. The Morgan fingerprint density at radius 2 is 1.52 bits per heavy atom. The number of nitrogens with one attached hydrogen (secondary N) is 2. The summed E-state index contributed by atoms with van der Waals surface area (Å²) in [5.74, 6) is -0.949. The van der Waals surface area contributed by atoms with Crippen molar-refractivity contribution in [3.05, 3.63) is 131 Å². The Bertz CT molecular complexity index is 1670. The van der Waals surface area contributed by atoms with Crippen LogP contribution in [0.15, 0.2) is 108 Å². The van der Waals surface area contributed by atoms with Crippen LogP contribution in [0.4, 0.5) is 10.5 Å². The maximum Gasteiger partial charge on any atom is 0.335 e. The molecule has 4 aromatic carbocycles. The largest absolute Gasteiger partial charge is 0.478 e. The van der Waals surface area contributed by atoms with Gasteiger partial charge in [-0.3, -0.25) is 0 Å². The van der Waals surface area contributed by atoms with Gasteiger partial charge in [0, 0.05) is 34.2 Å². The number of carbonyl (C=O) groups excluding carboxylic acids is 2. The molecular weight excluding hydrogens is 632 g/mol. The molecule has 4 N–H and O–H groups in total. The van der Waals surface area contributed by atoms with Gasteiger partial charge in [0.2, 0.25) is 0 Å². The third-order valence-corrected chi connectivity index (χ3v) is 9.25. The third-order valence-electron chi connectivity index (χ3n) is 8.15. The van der Waals surface area contributed by atoms with E-state index in [0.29, 0.717) is 11.4 Å². The number of hydrogen-bond donors (Lipinski definition) is 4. The Balaban J connectivity index is 1.28. The molecule has 0 aromatic heterocycles. The number of aliphatic hydroxyl groups excluding tert-OH is 1. The van der Waals surface area contributed by atoms with E-state index in [0.717, 1.165) is 27.1 Å². The molecule has 5 unspecified atom stereocenters. The van der Waals surface area contributed by atoms with Gasteiger partial charge >= 0.3 is 18.0 Å². The van der Waals surface area contributed by atoms with Gasteiger partial charge in [-0.1, -0.05) is 73.7 Å². The molecule has 4 aromatic rings. The van der Waals surface area contributed by atoms with Gasteiger partial charge in [-0.2, -0.15) is 0 Å². The van der Waals surface area contributed by atoms with E-state index < -0.39 is 30.3 Å². The number of carboxylic acid groups (broad SMARTS) is 1. The van der Waals surface area contributed by atoms with Crippen molar-refractivity contribution < 1.29 is 38.8 Å². The SMILES string of the molecule is COC(=O)C(Cc1ccccc1)NC(=O)Nc1ccc(C2OC(CSc3ccc(C(=O)O)cc3)C(C)C(c3ccc(CO)cc3)O2)cc1. The summed E-state index contributed by atoms with van der Waals surface area (Å²) < 4.78 is 17.9. The number of rotatable bonds is 12. The number of thioether (sulfide) groups is 1. The number of aromatic carboxylic acids is 1. The number of ether oxygens (including phenoxy) is 3. The molecule has 5 rings (SSSR count). The number of anilines is 1. The van der Waals surface area contributed by atoms with Gasteiger partial charge in [0.05, 0.1) is 31.5 Å². The highest BCUT2D eigenvalue weighted by Gasteiger charge is 2.38. The molecule has 11 heteroatoms. The van der Waals surface area contributed by atoms with Crippen LogP contribution >= 0.6 is 11.8 Å². The first-order valence-electron chi connectivity index (χ1n) is 15.5. The third kappa shape index (κ3) is 9.02. The molecule has 1 fully saturated rings. The minimum absolute atomic E-state index is 0.0321. The molecule has 5 atom stereocenters. The van der Waals surface area contributed by atoms with E-state index in [2.05, 4.69) is 17.6 Å². The average molecular weight is 671 g/mol. The number of amides is 2. The lowest BCUT2D eigenvalue weighted by Gasteiger charge is -2.41. The molecule has 2 amide bonds. The van der Waals surface area contributed by atoms with Crippen LogP contribution in [-0.2, 0) is 32.0 Å². The average Bonchev–Trinajstić information content (AvgIpc) is 3.11. The van der Waals surface area contributed by atoms with E-state index in [1.165, 1.54) is 7.11 Å². The van der Waals surface area contributed by atoms with E-state index >= 15 is 0 Å². The zero-order chi connectivity index (χ0) is 34.0. The summed E-state index contributed by atoms with van der Waals surface area (Å²) >= 11 is 1.58. The Hall–Kier alpha value is -4.68. The van der Waals surface area contributed by atoms with Crippen LogP contribution in [0.1, 0.15) is 51.9 Å². The number of methoxy groups -OCH3 is 1. The van der Waals surface area contributed by atoms with Crippen molar-refractivity contribution in [1.82, 2.24) is 5.32 Å². The lowest BCUT2D eigenvalue weighted by atomic mass is 9.91. The maximum atomic E-state index is 12.9. The fourth-order valence-electron chi connectivity index (χ4n) is 5.42. The number of benzene rings is 4. The molecule has 0 spiro atoms. The second-order valence-electron chi connectivity index (χ2n) is 11.4. The molecule has 0 saturated carbocycles. The lowest BCUT2D eigenvalue weighted by Crippen LogP contribution is -2.45. The van der Waals surface area contributed by atoms with Gasteiger partial charge in [0.1, 0.15) is 6.04 Å². The van der Waals surface area contributed by atoms with Crippen LogP contribution in [-0.4, -0.2) is 53.2 Å². The predicted molar refractivity (Wildman–Crippen MR) is 182 cm³/mol. The summed E-state index contributed by atoms with van der Waals surface area (Å²) in [5, 5.41) is 24.2. The van der Waals surface area contributed by atoms with Gasteiger partial charge in [0.25, 0.3) is 0 Å². The van der Waals surface area contributed by atoms with Crippen molar-refractivity contribution in [1.29, 1.82) is 0 Å². The fourth-order valence-corrected chi connectivity index (χ4v) is 6.48. The molecule has 1 aliphatic rings. The smallest absolute Gasteiger partial charge is 0.335 e. The molecule has 1 saturated heterocycles. The normalized spacial score (nSPS) is 19.6. The highest BCUT2D eigenvalue weighted by Crippen LogP contribution is 2.43. The Kier molecular flexibility index (Phi) is 11.9. The summed E-state index contributed by atoms with van der Waals surface area (Å²) in [6.45, 7) is 2.02. The monoisotopic (exact) mass is 670 g/mol. The van der Waals surface area contributed by atoms with Crippen LogP contribution < -0.4 is 10.6 Å². The lowest BCUT2D eigenvalue weighted by molar-refractivity contribution is -0.268. The summed E-state index contributed by atoms with van der Waals surface area (Å²) in [6, 6.07) is 29.5. The maximum absolute atomic E-state index is 12.9. The fraction of sp³-hybridized carbons (Fsp3) is 0.270. The van der Waals surface area contributed by atoms with Gasteiger partial charge in [0.15, 0.2) is 6.29 Å². The summed E-state index contributed by atoms with van der Waals surface area (Å²) in [7, 11) is 1.28. The minimum atomic E-state index is -0.971. The first-order chi connectivity index (χ1) is 23.2. The van der Waals surface area contributed by atoms with Crippen LogP contribution in [0.2, 0.25) is 0 Å². The highest BCUT2D eigenvalue weighted by atomic mass is 32.2. The van der Waals surface area contributed by atoms with Crippen molar-refractivity contribution in [2.24, 2.45) is 5.92 Å². The molecule has 10 nitrogen and oxygen atoms in total. The van der Waals surface area contributed by atoms with Crippen molar-refractivity contribution >= 4 is 35.4 Å². The second kappa shape index (κ2) is 16.4. The molecule has 250 valence electrons. The number of urea groups is 1. The van der Waals surface area contributed by atoms with Gasteiger partial charge in [-0.25, -0.2) is 14.4 Å². The van der Waals surface area contributed by atoms with Crippen LogP contribution in [0.25, 0.3) is 0 Å². The second-order valence-corrected chi connectivity index (χ2v) is 12.5. The molecule has 0 radical (unpaired) electrons. The molecule has 1 heterocycles. The van der Waals surface area contributed by atoms with E-state index in [1.807, 2.05) is 66.7 Å². The van der Waals surface area contributed by atoms with Crippen LogP contribution in [0.5, 0.6) is 0 Å². The van der Waals surface area contributed by atoms with Crippen LogP contribution in [0, 0.1) is 5.92 Å². The number of esters is 1. The zero-order valence-electron chi connectivity index (χ0n) is 26.6. The van der Waals surface area contributed by atoms with E-state index in [-0.39, 0.29) is 36.7 Å². The first-order valence-corrected chi connectivity index (χ1v) is 16.5. The molecule has 0 aliphatic carbocycles. The summed E-state index contributed by atoms with van der Waals surface area (Å²) in [4.78, 5) is 37.4. The van der Waals surface area contributed by atoms with Crippen molar-refractivity contribution in [3.8, 4) is 0 Å². The van der Waals surface area contributed by atoms with E-state index in [1.54, 1.807) is 48.2 Å². The zero-order valence-corrected chi connectivity index (χ0v) is 27.4. The van der Waals surface area contributed by atoms with E-state index in [4.69, 9.17) is 14.2 Å². The summed E-state index contributed by atoms with van der Waals surface area (Å²) in [5.41, 5.74) is 4.14. The molecule has 48 heavy (non-hydrogen) atoms. The van der Waals surface area contributed by atoms with Crippen LogP contribution in [0.3, 0.4) is 0 Å².